The standard InChI is InChI=1S/C16H13FN2O5/c1-10(15(20)18-13-6-4-12(17)5-7-13)24-16(21)11-2-8-14(9-3-11)19(22)23/h2-10H,1H3,(H,18,20). The highest BCUT2D eigenvalue weighted by Gasteiger charge is 2.19. The van der Waals surface area contributed by atoms with Gasteiger partial charge in [0.05, 0.1) is 10.5 Å². The molecule has 0 aliphatic carbocycles. The third-order valence-electron chi connectivity index (χ3n) is 3.08. The van der Waals surface area contributed by atoms with E-state index in [1.54, 1.807) is 0 Å². The number of benzene rings is 2. The lowest BCUT2D eigenvalue weighted by Crippen LogP contribution is -2.30. The highest BCUT2D eigenvalue weighted by molar-refractivity contribution is 5.97. The lowest BCUT2D eigenvalue weighted by Gasteiger charge is -2.13. The predicted octanol–water partition coefficient (Wildman–Crippen LogP) is 2.92. The van der Waals surface area contributed by atoms with E-state index in [4.69, 9.17) is 4.74 Å². The number of non-ortho nitro benzene ring substituents is 1. The molecular formula is C16H13FN2O5. The summed E-state index contributed by atoms with van der Waals surface area (Å²) in [5, 5.41) is 13.0. The Morgan fingerprint density at radius 3 is 2.25 bits per heavy atom. The number of nitro benzene ring substituents is 1. The van der Waals surface area contributed by atoms with E-state index in [-0.39, 0.29) is 11.3 Å². The molecule has 7 nitrogen and oxygen atoms in total. The number of rotatable bonds is 5. The number of amides is 1. The van der Waals surface area contributed by atoms with E-state index >= 15 is 0 Å². The van der Waals surface area contributed by atoms with E-state index in [1.807, 2.05) is 0 Å². The van der Waals surface area contributed by atoms with Gasteiger partial charge in [-0.05, 0) is 43.3 Å². The second kappa shape index (κ2) is 7.32. The van der Waals surface area contributed by atoms with Crippen molar-refractivity contribution in [3.63, 3.8) is 0 Å². The van der Waals surface area contributed by atoms with Crippen molar-refractivity contribution in [2.75, 3.05) is 5.32 Å². The Morgan fingerprint density at radius 1 is 1.12 bits per heavy atom. The number of hydrogen-bond acceptors (Lipinski definition) is 5. The van der Waals surface area contributed by atoms with Crippen molar-refractivity contribution in [3.8, 4) is 0 Å². The zero-order valence-corrected chi connectivity index (χ0v) is 12.6. The molecule has 0 aliphatic rings. The van der Waals surface area contributed by atoms with Crippen LogP contribution >= 0.6 is 0 Å². The molecule has 1 N–H and O–H groups in total. The second-order valence-corrected chi connectivity index (χ2v) is 4.85. The van der Waals surface area contributed by atoms with E-state index in [0.717, 1.165) is 0 Å². The summed E-state index contributed by atoms with van der Waals surface area (Å²) in [6, 6.07) is 9.93. The van der Waals surface area contributed by atoms with Crippen LogP contribution in [-0.2, 0) is 9.53 Å². The van der Waals surface area contributed by atoms with Crippen LogP contribution in [0.3, 0.4) is 0 Å². The molecule has 0 heterocycles. The highest BCUT2D eigenvalue weighted by Crippen LogP contribution is 2.14. The number of ether oxygens (including phenoxy) is 1. The molecule has 0 saturated heterocycles. The van der Waals surface area contributed by atoms with Crippen LogP contribution in [0, 0.1) is 15.9 Å². The molecule has 24 heavy (non-hydrogen) atoms. The molecule has 124 valence electrons. The van der Waals surface area contributed by atoms with Crippen LogP contribution in [0.4, 0.5) is 15.8 Å². The van der Waals surface area contributed by atoms with Gasteiger partial charge in [-0.2, -0.15) is 0 Å². The van der Waals surface area contributed by atoms with Gasteiger partial charge in [-0.1, -0.05) is 0 Å². The lowest BCUT2D eigenvalue weighted by atomic mass is 10.2. The van der Waals surface area contributed by atoms with Gasteiger partial charge in [-0.15, -0.1) is 0 Å². The smallest absolute Gasteiger partial charge is 0.338 e. The minimum absolute atomic E-state index is 0.0852. The number of anilines is 1. The Hall–Kier alpha value is -3.29. The Morgan fingerprint density at radius 2 is 1.71 bits per heavy atom. The zero-order valence-electron chi connectivity index (χ0n) is 12.6. The summed E-state index contributed by atoms with van der Waals surface area (Å²) in [4.78, 5) is 33.8. The third kappa shape index (κ3) is 4.35. The Labute approximate surface area is 136 Å². The van der Waals surface area contributed by atoms with Gasteiger partial charge in [-0.25, -0.2) is 9.18 Å². The maximum Gasteiger partial charge on any atom is 0.338 e. The van der Waals surface area contributed by atoms with E-state index < -0.39 is 28.7 Å². The van der Waals surface area contributed by atoms with Crippen molar-refractivity contribution in [1.82, 2.24) is 0 Å². The van der Waals surface area contributed by atoms with E-state index in [9.17, 15) is 24.1 Å². The van der Waals surface area contributed by atoms with Gasteiger partial charge in [0.15, 0.2) is 6.10 Å². The van der Waals surface area contributed by atoms with Crippen molar-refractivity contribution >= 4 is 23.3 Å². The first kappa shape index (κ1) is 17.1. The third-order valence-corrected chi connectivity index (χ3v) is 3.08. The van der Waals surface area contributed by atoms with Gasteiger partial charge in [0.1, 0.15) is 5.82 Å². The minimum Gasteiger partial charge on any atom is -0.449 e. The molecule has 0 saturated carbocycles. The van der Waals surface area contributed by atoms with Crippen LogP contribution in [0.15, 0.2) is 48.5 Å². The van der Waals surface area contributed by atoms with Crippen LogP contribution in [0.25, 0.3) is 0 Å². The number of carbonyl (C=O) groups is 2. The summed E-state index contributed by atoms with van der Waals surface area (Å²) in [6.07, 6.45) is -1.10. The van der Waals surface area contributed by atoms with E-state index in [1.165, 1.54) is 55.5 Å². The molecule has 2 rings (SSSR count). The van der Waals surface area contributed by atoms with Crippen molar-refractivity contribution in [2.24, 2.45) is 0 Å². The summed E-state index contributed by atoms with van der Waals surface area (Å²) in [5.41, 5.74) is 0.287. The van der Waals surface area contributed by atoms with Crippen LogP contribution in [0.1, 0.15) is 17.3 Å². The fraction of sp³-hybridized carbons (Fsp3) is 0.125. The quantitative estimate of drug-likeness (QED) is 0.515. The van der Waals surface area contributed by atoms with E-state index in [2.05, 4.69) is 5.32 Å². The topological polar surface area (TPSA) is 98.5 Å². The summed E-state index contributed by atoms with van der Waals surface area (Å²) in [7, 11) is 0. The first-order chi connectivity index (χ1) is 11.4. The Balaban J connectivity index is 1.96. The van der Waals surface area contributed by atoms with Crippen LogP contribution in [0.2, 0.25) is 0 Å². The van der Waals surface area contributed by atoms with Crippen molar-refractivity contribution in [1.29, 1.82) is 0 Å². The van der Waals surface area contributed by atoms with E-state index in [0.29, 0.717) is 5.69 Å². The van der Waals surface area contributed by atoms with Gasteiger partial charge in [-0.3, -0.25) is 14.9 Å². The molecule has 0 aliphatic heterocycles. The van der Waals surface area contributed by atoms with Gasteiger partial charge >= 0.3 is 5.97 Å². The normalized spacial score (nSPS) is 11.4. The van der Waals surface area contributed by atoms with Gasteiger partial charge in [0.2, 0.25) is 0 Å². The molecule has 8 heteroatoms. The average molecular weight is 332 g/mol. The van der Waals surface area contributed by atoms with Crippen molar-refractivity contribution < 1.29 is 23.6 Å². The maximum absolute atomic E-state index is 12.8. The molecule has 0 radical (unpaired) electrons. The monoisotopic (exact) mass is 332 g/mol. The molecule has 1 amide bonds. The molecule has 0 bridgehead atoms. The number of nitro groups is 1. The SMILES string of the molecule is CC(OC(=O)c1ccc([N+](=O)[O-])cc1)C(=O)Nc1ccc(F)cc1. The number of nitrogens with zero attached hydrogens (tertiary/aromatic N) is 1. The fourth-order valence-corrected chi connectivity index (χ4v) is 1.78. The molecule has 0 spiro atoms. The van der Waals surface area contributed by atoms with Crippen molar-refractivity contribution in [2.45, 2.75) is 13.0 Å². The molecule has 0 aromatic heterocycles. The second-order valence-electron chi connectivity index (χ2n) is 4.85. The fourth-order valence-electron chi connectivity index (χ4n) is 1.78. The molecule has 1 unspecified atom stereocenters. The first-order valence-electron chi connectivity index (χ1n) is 6.88. The maximum atomic E-state index is 12.8. The number of carbonyl (C=O) groups excluding carboxylic acids is 2. The van der Waals surface area contributed by atoms with Crippen LogP contribution in [0.5, 0.6) is 0 Å². The molecular weight excluding hydrogens is 319 g/mol. The molecule has 2 aromatic carbocycles. The Kier molecular flexibility index (Phi) is 5.20. The minimum atomic E-state index is -1.10. The summed E-state index contributed by atoms with van der Waals surface area (Å²) in [6.45, 7) is 1.38. The van der Waals surface area contributed by atoms with Crippen LogP contribution in [-0.4, -0.2) is 22.9 Å². The molecule has 0 fully saturated rings. The summed E-state index contributed by atoms with van der Waals surface area (Å²) >= 11 is 0. The predicted molar refractivity (Wildman–Crippen MR) is 83.0 cm³/mol. The highest BCUT2D eigenvalue weighted by atomic mass is 19.1. The first-order valence-corrected chi connectivity index (χ1v) is 6.88. The van der Waals surface area contributed by atoms with Gasteiger partial charge < -0.3 is 10.1 Å². The number of hydrogen-bond donors (Lipinski definition) is 1. The van der Waals surface area contributed by atoms with Crippen LogP contribution < -0.4 is 5.32 Å². The summed E-state index contributed by atoms with van der Waals surface area (Å²) < 4.78 is 17.8. The number of esters is 1. The molecule has 2 aromatic rings. The zero-order chi connectivity index (χ0) is 17.7. The average Bonchev–Trinajstić information content (AvgIpc) is 2.56. The largest absolute Gasteiger partial charge is 0.449 e. The van der Waals surface area contributed by atoms with Gasteiger partial charge in [0, 0.05) is 17.8 Å². The lowest BCUT2D eigenvalue weighted by molar-refractivity contribution is -0.384. The summed E-state index contributed by atoms with van der Waals surface area (Å²) in [5.74, 6) is -1.81. The van der Waals surface area contributed by atoms with Crippen molar-refractivity contribution in [3.05, 3.63) is 70.0 Å². The van der Waals surface area contributed by atoms with Gasteiger partial charge in [0.25, 0.3) is 11.6 Å². The Bertz CT molecular complexity index is 759. The molecule has 1 atom stereocenters. The number of nitrogens with one attached hydrogen (secondary N) is 1. The number of halogens is 1.